The number of hydrogen-bond acceptors (Lipinski definition) is 4. The molecule has 0 unspecified atom stereocenters. The van der Waals surface area contributed by atoms with Crippen LogP contribution in [-0.4, -0.2) is 13.2 Å². The van der Waals surface area contributed by atoms with Gasteiger partial charge < -0.3 is 0 Å². The van der Waals surface area contributed by atoms with Crippen LogP contribution in [0.5, 0.6) is 0 Å². The van der Waals surface area contributed by atoms with Crippen LogP contribution in [0.2, 0.25) is 0 Å². The molecule has 4 nitrogen and oxygen atoms in total. The number of unbranched alkanes of at least 4 members (excludes halogenated alkanes) is 2. The molecule has 0 saturated heterocycles. The van der Waals surface area contributed by atoms with Crippen molar-refractivity contribution in [2.45, 2.75) is 39.5 Å². The van der Waals surface area contributed by atoms with E-state index in [0.29, 0.717) is 24.7 Å². The van der Waals surface area contributed by atoms with E-state index < -0.39 is 7.51 Å². The Labute approximate surface area is 197 Å². The molecule has 0 bridgehead atoms. The van der Waals surface area contributed by atoms with Crippen LogP contribution < -0.4 is 5.30 Å². The molecule has 0 amide bonds. The molecule has 4 rings (SSSR count). The Hall–Kier alpha value is -2.65. The number of benzene rings is 3. The van der Waals surface area contributed by atoms with Gasteiger partial charge in [0.25, 0.3) is 0 Å². The zero-order valence-corrected chi connectivity index (χ0v) is 20.4. The summed E-state index contributed by atoms with van der Waals surface area (Å²) in [6.07, 6.45) is 3.77. The molecule has 1 aliphatic rings. The van der Waals surface area contributed by atoms with E-state index in [2.05, 4.69) is 13.8 Å². The van der Waals surface area contributed by atoms with Gasteiger partial charge in [-0.05, 0) is 0 Å². The molecular weight excluding hydrogens is 431 g/mol. The topological polar surface area (TPSA) is 36.9 Å². The van der Waals surface area contributed by atoms with Gasteiger partial charge in [-0.1, -0.05) is 0 Å². The SMILES string of the molecule is CCCCOP1(OCCCC)(c2ccccc2)OC(c2ccccc2)=C(c2ccccc2)O1. The van der Waals surface area contributed by atoms with Gasteiger partial charge in [-0.2, -0.15) is 0 Å². The van der Waals surface area contributed by atoms with Gasteiger partial charge in [-0.15, -0.1) is 0 Å². The van der Waals surface area contributed by atoms with Crippen molar-refractivity contribution in [2.75, 3.05) is 13.2 Å². The molecular formula is C28H33O4P. The minimum absolute atomic E-state index is 0.486. The fourth-order valence-electron chi connectivity index (χ4n) is 3.76. The average Bonchev–Trinajstić information content (AvgIpc) is 3.24. The van der Waals surface area contributed by atoms with Crippen molar-refractivity contribution in [3.63, 3.8) is 0 Å². The molecule has 0 spiro atoms. The van der Waals surface area contributed by atoms with Gasteiger partial charge in [0.1, 0.15) is 0 Å². The average molecular weight is 465 g/mol. The first kappa shape index (κ1) is 23.5. The first-order chi connectivity index (χ1) is 16.2. The summed E-state index contributed by atoms with van der Waals surface area (Å²) in [5.74, 6) is 1.30. The maximum absolute atomic E-state index is 6.91. The maximum atomic E-state index is 6.91. The molecule has 174 valence electrons. The minimum atomic E-state index is -4.21. The first-order valence-corrected chi connectivity index (χ1v) is 13.7. The molecule has 0 N–H and O–H groups in total. The van der Waals surface area contributed by atoms with E-state index in [9.17, 15) is 0 Å². The van der Waals surface area contributed by atoms with E-state index in [1.807, 2.05) is 91.0 Å². The Kier molecular flexibility index (Phi) is 7.49. The molecule has 5 heteroatoms. The molecule has 0 aromatic heterocycles. The third-order valence-electron chi connectivity index (χ3n) is 5.58. The van der Waals surface area contributed by atoms with Crippen molar-refractivity contribution in [2.24, 2.45) is 0 Å². The third kappa shape index (κ3) is 4.84. The van der Waals surface area contributed by atoms with E-state index in [1.54, 1.807) is 0 Å². The second-order valence-electron chi connectivity index (χ2n) is 8.09. The summed E-state index contributed by atoms with van der Waals surface area (Å²) in [7, 11) is -4.21. The van der Waals surface area contributed by atoms with E-state index in [0.717, 1.165) is 42.1 Å². The van der Waals surface area contributed by atoms with Gasteiger partial charge in [0.2, 0.25) is 0 Å². The van der Waals surface area contributed by atoms with Crippen molar-refractivity contribution in [3.8, 4) is 0 Å². The Balaban J connectivity index is 1.90. The van der Waals surface area contributed by atoms with Crippen LogP contribution >= 0.6 is 7.51 Å². The molecule has 1 aliphatic heterocycles. The first-order valence-electron chi connectivity index (χ1n) is 11.8. The van der Waals surface area contributed by atoms with Gasteiger partial charge in [-0.25, -0.2) is 0 Å². The molecule has 0 radical (unpaired) electrons. The van der Waals surface area contributed by atoms with Gasteiger partial charge in [0.05, 0.1) is 0 Å². The van der Waals surface area contributed by atoms with Crippen molar-refractivity contribution in [1.82, 2.24) is 0 Å². The summed E-state index contributed by atoms with van der Waals surface area (Å²) in [5, 5.41) is 0.801. The summed E-state index contributed by atoms with van der Waals surface area (Å²) in [4.78, 5) is 0. The predicted molar refractivity (Wildman–Crippen MR) is 137 cm³/mol. The number of rotatable bonds is 11. The Morgan fingerprint density at radius 2 is 0.970 bits per heavy atom. The molecule has 33 heavy (non-hydrogen) atoms. The monoisotopic (exact) mass is 464 g/mol. The summed E-state index contributed by atoms with van der Waals surface area (Å²) in [5.41, 5.74) is 1.86. The molecule has 1 heterocycles. The quantitative estimate of drug-likeness (QED) is 0.215. The van der Waals surface area contributed by atoms with Crippen LogP contribution in [0.3, 0.4) is 0 Å². The van der Waals surface area contributed by atoms with E-state index in [4.69, 9.17) is 18.1 Å². The van der Waals surface area contributed by atoms with Crippen molar-refractivity contribution < 1.29 is 18.1 Å². The van der Waals surface area contributed by atoms with Crippen molar-refractivity contribution >= 4 is 24.3 Å². The van der Waals surface area contributed by atoms with Crippen molar-refractivity contribution in [3.05, 3.63) is 102 Å². The zero-order chi connectivity index (χ0) is 23.0. The summed E-state index contributed by atoms with van der Waals surface area (Å²) in [6.45, 7) is 5.26. The second-order valence-corrected chi connectivity index (χ2v) is 11.1. The van der Waals surface area contributed by atoms with Crippen LogP contribution in [0.4, 0.5) is 0 Å². The molecule has 0 saturated carbocycles. The van der Waals surface area contributed by atoms with E-state index in [-0.39, 0.29) is 0 Å². The third-order valence-corrected chi connectivity index (χ3v) is 8.97. The molecule has 0 fully saturated rings. The molecule has 3 aromatic carbocycles. The van der Waals surface area contributed by atoms with Crippen LogP contribution in [-0.2, 0) is 18.1 Å². The molecule has 3 aromatic rings. The Morgan fingerprint density at radius 3 is 1.36 bits per heavy atom. The Bertz CT molecular complexity index is 986. The van der Waals surface area contributed by atoms with E-state index >= 15 is 0 Å². The summed E-state index contributed by atoms with van der Waals surface area (Å²) >= 11 is 0. The van der Waals surface area contributed by atoms with Crippen molar-refractivity contribution in [1.29, 1.82) is 0 Å². The zero-order valence-electron chi connectivity index (χ0n) is 19.5. The fourth-order valence-corrected chi connectivity index (χ4v) is 7.15. The van der Waals surface area contributed by atoms with Gasteiger partial charge >= 0.3 is 197 Å². The van der Waals surface area contributed by atoms with Crippen LogP contribution in [0.1, 0.15) is 50.7 Å². The second kappa shape index (κ2) is 10.5. The van der Waals surface area contributed by atoms with Crippen LogP contribution in [0, 0.1) is 0 Å². The normalized spacial score (nSPS) is 17.6. The summed E-state index contributed by atoms with van der Waals surface area (Å²) < 4.78 is 27.2. The van der Waals surface area contributed by atoms with Gasteiger partial charge in [0, 0.05) is 0 Å². The molecule has 0 aliphatic carbocycles. The molecule has 0 atom stereocenters. The summed E-state index contributed by atoms with van der Waals surface area (Å²) in [6, 6.07) is 30.0. The Morgan fingerprint density at radius 1 is 0.576 bits per heavy atom. The van der Waals surface area contributed by atoms with E-state index in [1.165, 1.54) is 0 Å². The number of hydrogen-bond donors (Lipinski definition) is 0. The van der Waals surface area contributed by atoms with Crippen LogP contribution in [0.15, 0.2) is 91.0 Å². The van der Waals surface area contributed by atoms with Crippen LogP contribution in [0.25, 0.3) is 11.5 Å². The van der Waals surface area contributed by atoms with Gasteiger partial charge in [-0.3, -0.25) is 0 Å². The standard InChI is InChI=1S/C28H33O4P/c1-3-5-22-29-33(30-23-6-4-2,26-20-14-9-15-21-26)31-27(24-16-10-7-11-17-24)28(32-33)25-18-12-8-13-19-25/h7-21H,3-6,22-23H2,1-2H3. The van der Waals surface area contributed by atoms with Gasteiger partial charge in [0.15, 0.2) is 0 Å². The predicted octanol–water partition coefficient (Wildman–Crippen LogP) is 7.73. The fraction of sp³-hybridized carbons (Fsp3) is 0.286.